The molecule has 0 fully saturated rings. The minimum atomic E-state index is -0.677. The van der Waals surface area contributed by atoms with Crippen molar-refractivity contribution in [1.82, 2.24) is 5.32 Å². The van der Waals surface area contributed by atoms with Gasteiger partial charge in [-0.15, -0.1) is 0 Å². The van der Waals surface area contributed by atoms with Crippen molar-refractivity contribution >= 4 is 10.8 Å². The first-order valence-corrected chi connectivity index (χ1v) is 8.10. The van der Waals surface area contributed by atoms with Gasteiger partial charge in [0, 0.05) is 34.9 Å². The lowest BCUT2D eigenvalue weighted by molar-refractivity contribution is 0.591. The topological polar surface area (TPSA) is 29.1 Å². The van der Waals surface area contributed by atoms with Crippen LogP contribution in [0, 0.1) is 20.8 Å². The number of hydrogen-bond donors (Lipinski definition) is 1. The Hall–Kier alpha value is -0.670. The highest BCUT2D eigenvalue weighted by Gasteiger charge is 2.11. The first-order chi connectivity index (χ1) is 8.45. The van der Waals surface area contributed by atoms with Crippen LogP contribution in [-0.4, -0.2) is 22.3 Å². The normalized spacial score (nSPS) is 14.5. The third-order valence-corrected chi connectivity index (χ3v) is 4.58. The van der Waals surface area contributed by atoms with Crippen LogP contribution < -0.4 is 5.32 Å². The van der Waals surface area contributed by atoms with E-state index in [4.69, 9.17) is 0 Å². The molecule has 102 valence electrons. The highest BCUT2D eigenvalue weighted by Crippen LogP contribution is 2.23. The number of nitrogens with one attached hydrogen (secondary N) is 1. The van der Waals surface area contributed by atoms with Crippen LogP contribution in [0.25, 0.3) is 0 Å². The number of aryl methyl sites for hydroxylation is 3. The number of hydrogen-bond acceptors (Lipinski definition) is 2. The molecule has 0 saturated carbocycles. The summed E-state index contributed by atoms with van der Waals surface area (Å²) in [7, 11) is -0.677. The zero-order chi connectivity index (χ0) is 13.7. The zero-order valence-corrected chi connectivity index (χ0v) is 13.0. The first-order valence-electron chi connectivity index (χ1n) is 6.61. The highest BCUT2D eigenvalue weighted by atomic mass is 32.2. The van der Waals surface area contributed by atoms with Crippen LogP contribution >= 0.6 is 0 Å². The Bertz CT molecular complexity index is 405. The molecular formula is C15H25NOS. The molecule has 0 spiro atoms. The van der Waals surface area contributed by atoms with E-state index in [9.17, 15) is 4.21 Å². The Morgan fingerprint density at radius 3 is 2.28 bits per heavy atom. The molecule has 18 heavy (non-hydrogen) atoms. The Balaban J connectivity index is 2.67. The van der Waals surface area contributed by atoms with Gasteiger partial charge in [-0.05, 0) is 44.4 Å². The average molecular weight is 267 g/mol. The maximum absolute atomic E-state index is 11.4. The van der Waals surface area contributed by atoms with Crippen molar-refractivity contribution in [2.24, 2.45) is 0 Å². The molecule has 1 aromatic carbocycles. The van der Waals surface area contributed by atoms with Gasteiger partial charge in [0.25, 0.3) is 0 Å². The highest BCUT2D eigenvalue weighted by molar-refractivity contribution is 7.84. The monoisotopic (exact) mass is 267 g/mol. The van der Waals surface area contributed by atoms with Crippen LogP contribution in [0.3, 0.4) is 0 Å². The van der Waals surface area contributed by atoms with Crippen molar-refractivity contribution in [3.8, 4) is 0 Å². The second-order valence-electron chi connectivity index (χ2n) is 4.92. The molecule has 2 unspecified atom stereocenters. The van der Waals surface area contributed by atoms with Crippen LogP contribution in [0.15, 0.2) is 12.1 Å². The summed E-state index contributed by atoms with van der Waals surface area (Å²) in [6.07, 6.45) is 0. The molecule has 1 N–H and O–H groups in total. The van der Waals surface area contributed by atoms with Crippen LogP contribution in [0.4, 0.5) is 0 Å². The van der Waals surface area contributed by atoms with Crippen molar-refractivity contribution in [3.63, 3.8) is 0 Å². The Morgan fingerprint density at radius 2 is 1.78 bits per heavy atom. The maximum atomic E-state index is 11.4. The van der Waals surface area contributed by atoms with Crippen molar-refractivity contribution in [2.75, 3.05) is 18.1 Å². The second-order valence-corrected chi connectivity index (χ2v) is 6.79. The van der Waals surface area contributed by atoms with E-state index in [0.29, 0.717) is 6.04 Å². The van der Waals surface area contributed by atoms with E-state index in [0.717, 1.165) is 18.1 Å². The molecule has 2 nitrogen and oxygen atoms in total. The van der Waals surface area contributed by atoms with Crippen molar-refractivity contribution < 1.29 is 4.21 Å². The van der Waals surface area contributed by atoms with Gasteiger partial charge in [0.15, 0.2) is 0 Å². The molecule has 1 aromatic rings. The van der Waals surface area contributed by atoms with Gasteiger partial charge >= 0.3 is 0 Å². The van der Waals surface area contributed by atoms with E-state index >= 15 is 0 Å². The lowest BCUT2D eigenvalue weighted by atomic mass is 9.95. The standard InChI is InChI=1S/C15H25NOS/c1-6-18(17)8-7-16-14(5)15-12(3)9-11(2)10-13(15)4/h9-10,14,16H,6-8H2,1-5H3. The van der Waals surface area contributed by atoms with E-state index in [1.54, 1.807) is 0 Å². The summed E-state index contributed by atoms with van der Waals surface area (Å²) in [4.78, 5) is 0. The molecule has 0 aliphatic rings. The second kappa shape index (κ2) is 7.05. The predicted molar refractivity (Wildman–Crippen MR) is 80.6 cm³/mol. The fourth-order valence-corrected chi connectivity index (χ4v) is 3.14. The molecule has 1 rings (SSSR count). The Morgan fingerprint density at radius 1 is 1.22 bits per heavy atom. The lowest BCUT2D eigenvalue weighted by Gasteiger charge is -2.19. The van der Waals surface area contributed by atoms with Gasteiger partial charge in [0.05, 0.1) is 0 Å². The van der Waals surface area contributed by atoms with E-state index in [1.807, 2.05) is 6.92 Å². The van der Waals surface area contributed by atoms with Crippen molar-refractivity contribution in [3.05, 3.63) is 34.4 Å². The molecule has 0 radical (unpaired) electrons. The van der Waals surface area contributed by atoms with E-state index in [-0.39, 0.29) is 0 Å². The smallest absolute Gasteiger partial charge is 0.0360 e. The molecule has 0 heterocycles. The predicted octanol–water partition coefficient (Wildman–Crippen LogP) is 3.03. The van der Waals surface area contributed by atoms with Crippen molar-refractivity contribution in [2.45, 2.75) is 40.7 Å². The molecule has 0 amide bonds. The molecule has 0 aliphatic carbocycles. The van der Waals surface area contributed by atoms with Crippen LogP contribution in [0.2, 0.25) is 0 Å². The SMILES string of the molecule is CCS(=O)CCNC(C)c1c(C)cc(C)cc1C. The average Bonchev–Trinajstić information content (AvgIpc) is 2.27. The molecule has 0 aromatic heterocycles. The van der Waals surface area contributed by atoms with E-state index in [2.05, 4.69) is 45.1 Å². The summed E-state index contributed by atoms with van der Waals surface area (Å²) < 4.78 is 11.4. The summed E-state index contributed by atoms with van der Waals surface area (Å²) in [5.41, 5.74) is 5.36. The van der Waals surface area contributed by atoms with E-state index < -0.39 is 10.8 Å². The summed E-state index contributed by atoms with van der Waals surface area (Å²) in [6.45, 7) is 11.4. The molecule has 0 aliphatic heterocycles. The fourth-order valence-electron chi connectivity index (χ4n) is 2.51. The minimum Gasteiger partial charge on any atom is -0.309 e. The summed E-state index contributed by atoms with van der Waals surface area (Å²) in [6, 6.07) is 4.77. The minimum absolute atomic E-state index is 0.319. The van der Waals surface area contributed by atoms with E-state index in [1.165, 1.54) is 22.3 Å². The number of benzene rings is 1. The van der Waals surface area contributed by atoms with Gasteiger partial charge in [-0.2, -0.15) is 0 Å². The molecule has 3 heteroatoms. The third kappa shape index (κ3) is 4.21. The first kappa shape index (κ1) is 15.4. The zero-order valence-electron chi connectivity index (χ0n) is 12.2. The summed E-state index contributed by atoms with van der Waals surface area (Å²) in [5.74, 6) is 1.49. The van der Waals surface area contributed by atoms with Crippen LogP contribution in [0.1, 0.15) is 42.1 Å². The largest absolute Gasteiger partial charge is 0.309 e. The van der Waals surface area contributed by atoms with Gasteiger partial charge in [-0.25, -0.2) is 0 Å². The molecule has 0 bridgehead atoms. The summed E-state index contributed by atoms with van der Waals surface area (Å²) in [5, 5.41) is 3.47. The lowest BCUT2D eigenvalue weighted by Crippen LogP contribution is -2.25. The van der Waals surface area contributed by atoms with Gasteiger partial charge in [0.1, 0.15) is 0 Å². The quantitative estimate of drug-likeness (QED) is 0.858. The van der Waals surface area contributed by atoms with Crippen LogP contribution in [-0.2, 0) is 10.8 Å². The van der Waals surface area contributed by atoms with Gasteiger partial charge in [-0.3, -0.25) is 4.21 Å². The molecule has 2 atom stereocenters. The van der Waals surface area contributed by atoms with Crippen molar-refractivity contribution in [1.29, 1.82) is 0 Å². The van der Waals surface area contributed by atoms with Gasteiger partial charge in [-0.1, -0.05) is 24.6 Å². The van der Waals surface area contributed by atoms with Gasteiger partial charge in [0.2, 0.25) is 0 Å². The maximum Gasteiger partial charge on any atom is 0.0360 e. The Labute approximate surface area is 114 Å². The summed E-state index contributed by atoms with van der Waals surface area (Å²) >= 11 is 0. The van der Waals surface area contributed by atoms with Gasteiger partial charge < -0.3 is 5.32 Å². The number of rotatable bonds is 6. The fraction of sp³-hybridized carbons (Fsp3) is 0.600. The van der Waals surface area contributed by atoms with Crippen LogP contribution in [0.5, 0.6) is 0 Å². The molecule has 0 saturated heterocycles. The Kier molecular flexibility index (Phi) is 6.03. The molecular weight excluding hydrogens is 242 g/mol. The third-order valence-electron chi connectivity index (χ3n) is 3.27.